The summed E-state index contributed by atoms with van der Waals surface area (Å²) in [6, 6.07) is 3.70. The lowest BCUT2D eigenvalue weighted by Gasteiger charge is -2.16. The van der Waals surface area contributed by atoms with Crippen molar-refractivity contribution in [3.63, 3.8) is 0 Å². The molecule has 1 aromatic carbocycles. The zero-order valence-corrected chi connectivity index (χ0v) is 12.5. The average Bonchev–Trinajstić information content (AvgIpc) is 2.89. The average molecular weight is 320 g/mol. The van der Waals surface area contributed by atoms with Crippen LogP contribution in [0.5, 0.6) is 0 Å². The van der Waals surface area contributed by atoms with Crippen molar-refractivity contribution in [2.24, 2.45) is 0 Å². The number of hydrogen-bond donors (Lipinski definition) is 1. The second kappa shape index (κ2) is 6.57. The lowest BCUT2D eigenvalue weighted by atomic mass is 10.1. The molecule has 102 valence electrons. The minimum atomic E-state index is 0.0748. The summed E-state index contributed by atoms with van der Waals surface area (Å²) in [6.45, 7) is 3.51. The maximum atomic E-state index is 6.19. The SMILES string of the molecule is CC(NCCn1ccnn1)c1ccc(Cl)c(Cl)c1Cl. The molecule has 0 aliphatic heterocycles. The van der Waals surface area contributed by atoms with Crippen LogP contribution in [0.4, 0.5) is 0 Å². The molecule has 7 heteroatoms. The van der Waals surface area contributed by atoms with Crippen molar-refractivity contribution in [1.29, 1.82) is 0 Å². The van der Waals surface area contributed by atoms with Crippen molar-refractivity contribution in [3.8, 4) is 0 Å². The fraction of sp³-hybridized carbons (Fsp3) is 0.333. The van der Waals surface area contributed by atoms with Crippen LogP contribution in [0.1, 0.15) is 18.5 Å². The van der Waals surface area contributed by atoms with Crippen LogP contribution in [0.3, 0.4) is 0 Å². The van der Waals surface area contributed by atoms with E-state index in [4.69, 9.17) is 34.8 Å². The number of nitrogens with zero attached hydrogens (tertiary/aromatic N) is 3. The highest BCUT2D eigenvalue weighted by Crippen LogP contribution is 2.35. The van der Waals surface area contributed by atoms with E-state index in [0.29, 0.717) is 15.1 Å². The normalized spacial score (nSPS) is 12.6. The lowest BCUT2D eigenvalue weighted by Crippen LogP contribution is -2.23. The van der Waals surface area contributed by atoms with Crippen LogP contribution in [0.15, 0.2) is 24.5 Å². The van der Waals surface area contributed by atoms with Gasteiger partial charge < -0.3 is 5.32 Å². The Balaban J connectivity index is 1.96. The molecule has 1 heterocycles. The van der Waals surface area contributed by atoms with Crippen LogP contribution >= 0.6 is 34.8 Å². The van der Waals surface area contributed by atoms with Gasteiger partial charge in [0.05, 0.1) is 27.8 Å². The third-order valence-electron chi connectivity index (χ3n) is 2.79. The van der Waals surface area contributed by atoms with E-state index in [1.165, 1.54) is 0 Å². The molecule has 19 heavy (non-hydrogen) atoms. The quantitative estimate of drug-likeness (QED) is 0.856. The molecule has 0 saturated carbocycles. The summed E-state index contributed by atoms with van der Waals surface area (Å²) in [5.74, 6) is 0. The Morgan fingerprint density at radius 1 is 1.26 bits per heavy atom. The maximum Gasteiger partial charge on any atom is 0.0781 e. The zero-order valence-electron chi connectivity index (χ0n) is 10.3. The molecule has 0 spiro atoms. The molecule has 0 saturated heterocycles. The minimum absolute atomic E-state index is 0.0748. The van der Waals surface area contributed by atoms with E-state index >= 15 is 0 Å². The molecule has 1 unspecified atom stereocenters. The molecule has 0 aliphatic rings. The number of halogens is 3. The van der Waals surface area contributed by atoms with Crippen LogP contribution in [0, 0.1) is 0 Å². The van der Waals surface area contributed by atoms with Gasteiger partial charge in [0.25, 0.3) is 0 Å². The molecule has 2 rings (SSSR count). The highest BCUT2D eigenvalue weighted by atomic mass is 35.5. The number of hydrogen-bond acceptors (Lipinski definition) is 3. The van der Waals surface area contributed by atoms with Crippen molar-refractivity contribution in [3.05, 3.63) is 45.2 Å². The summed E-state index contributed by atoms with van der Waals surface area (Å²) in [6.07, 6.45) is 3.47. The Morgan fingerprint density at radius 2 is 2.05 bits per heavy atom. The topological polar surface area (TPSA) is 42.7 Å². The van der Waals surface area contributed by atoms with Crippen molar-refractivity contribution in [2.75, 3.05) is 6.54 Å². The van der Waals surface area contributed by atoms with Crippen LogP contribution in [-0.2, 0) is 6.54 Å². The summed E-state index contributed by atoms with van der Waals surface area (Å²) >= 11 is 18.1. The molecule has 0 amide bonds. The number of nitrogens with one attached hydrogen (secondary N) is 1. The predicted molar refractivity (Wildman–Crippen MR) is 77.9 cm³/mol. The fourth-order valence-corrected chi connectivity index (χ4v) is 2.44. The third-order valence-corrected chi connectivity index (χ3v) is 4.10. The molecular weight excluding hydrogens is 307 g/mol. The summed E-state index contributed by atoms with van der Waals surface area (Å²) in [5.41, 5.74) is 0.926. The molecule has 0 fully saturated rings. The second-order valence-corrected chi connectivity index (χ2v) is 5.27. The molecule has 0 aliphatic carbocycles. The van der Waals surface area contributed by atoms with E-state index in [1.54, 1.807) is 16.9 Å². The van der Waals surface area contributed by atoms with Gasteiger partial charge in [0.2, 0.25) is 0 Å². The van der Waals surface area contributed by atoms with Gasteiger partial charge in [-0.25, -0.2) is 0 Å². The summed E-state index contributed by atoms with van der Waals surface area (Å²) in [4.78, 5) is 0. The van der Waals surface area contributed by atoms with Crippen LogP contribution in [0.2, 0.25) is 15.1 Å². The van der Waals surface area contributed by atoms with Gasteiger partial charge in [0.15, 0.2) is 0 Å². The van der Waals surface area contributed by atoms with Crippen LogP contribution < -0.4 is 5.32 Å². The Bertz CT molecular complexity index is 542. The molecule has 1 atom stereocenters. The molecule has 0 radical (unpaired) electrons. The van der Waals surface area contributed by atoms with E-state index < -0.39 is 0 Å². The standard InChI is InChI=1S/C12H13Cl3N4/c1-8(16-4-6-19-7-5-17-18-19)9-2-3-10(13)12(15)11(9)14/h2-3,5,7-8,16H,4,6H2,1H3. The largest absolute Gasteiger partial charge is 0.308 e. The molecule has 2 aromatic rings. The van der Waals surface area contributed by atoms with E-state index in [2.05, 4.69) is 15.6 Å². The van der Waals surface area contributed by atoms with E-state index in [1.807, 2.05) is 19.2 Å². The molecular formula is C12H13Cl3N4. The molecule has 1 N–H and O–H groups in total. The smallest absolute Gasteiger partial charge is 0.0781 e. The summed E-state index contributed by atoms with van der Waals surface area (Å²) in [7, 11) is 0. The third kappa shape index (κ3) is 3.60. The minimum Gasteiger partial charge on any atom is -0.308 e. The summed E-state index contributed by atoms with van der Waals surface area (Å²) < 4.78 is 1.76. The summed E-state index contributed by atoms with van der Waals surface area (Å²) in [5, 5.41) is 12.3. The number of aromatic nitrogens is 3. The first kappa shape index (κ1) is 14.6. The van der Waals surface area contributed by atoms with Gasteiger partial charge in [-0.15, -0.1) is 5.10 Å². The number of benzene rings is 1. The number of rotatable bonds is 5. The van der Waals surface area contributed by atoms with Crippen molar-refractivity contribution < 1.29 is 0 Å². The molecule has 4 nitrogen and oxygen atoms in total. The Hall–Kier alpha value is -0.810. The van der Waals surface area contributed by atoms with E-state index in [0.717, 1.165) is 18.7 Å². The van der Waals surface area contributed by atoms with Gasteiger partial charge >= 0.3 is 0 Å². The Morgan fingerprint density at radius 3 is 2.74 bits per heavy atom. The Kier molecular flexibility index (Phi) is 5.05. The van der Waals surface area contributed by atoms with Crippen LogP contribution in [0.25, 0.3) is 0 Å². The molecule has 1 aromatic heterocycles. The highest BCUT2D eigenvalue weighted by molar-refractivity contribution is 6.48. The highest BCUT2D eigenvalue weighted by Gasteiger charge is 2.13. The fourth-order valence-electron chi connectivity index (χ4n) is 1.73. The molecule has 0 bridgehead atoms. The van der Waals surface area contributed by atoms with E-state index in [9.17, 15) is 0 Å². The van der Waals surface area contributed by atoms with Gasteiger partial charge in [-0.1, -0.05) is 46.1 Å². The van der Waals surface area contributed by atoms with Gasteiger partial charge in [-0.05, 0) is 18.6 Å². The van der Waals surface area contributed by atoms with E-state index in [-0.39, 0.29) is 6.04 Å². The zero-order chi connectivity index (χ0) is 13.8. The van der Waals surface area contributed by atoms with Crippen molar-refractivity contribution >= 4 is 34.8 Å². The first-order valence-corrected chi connectivity index (χ1v) is 6.94. The first-order valence-electron chi connectivity index (χ1n) is 5.80. The lowest BCUT2D eigenvalue weighted by molar-refractivity contribution is 0.499. The monoisotopic (exact) mass is 318 g/mol. The van der Waals surface area contributed by atoms with Gasteiger partial charge in [-0.2, -0.15) is 0 Å². The van der Waals surface area contributed by atoms with Gasteiger partial charge in [-0.3, -0.25) is 4.68 Å². The predicted octanol–water partition coefficient (Wildman–Crippen LogP) is 3.59. The van der Waals surface area contributed by atoms with Crippen molar-refractivity contribution in [1.82, 2.24) is 20.3 Å². The Labute approximate surface area is 126 Å². The van der Waals surface area contributed by atoms with Crippen molar-refractivity contribution in [2.45, 2.75) is 19.5 Å². The maximum absolute atomic E-state index is 6.19. The van der Waals surface area contributed by atoms with Gasteiger partial charge in [0.1, 0.15) is 0 Å². The first-order chi connectivity index (χ1) is 9.09. The van der Waals surface area contributed by atoms with Crippen LogP contribution in [-0.4, -0.2) is 21.5 Å². The second-order valence-electron chi connectivity index (χ2n) is 4.11. The van der Waals surface area contributed by atoms with Gasteiger partial charge in [0, 0.05) is 18.8 Å².